The Balaban J connectivity index is 1.73. The molecular formula is C18H26N2O3. The van der Waals surface area contributed by atoms with Crippen molar-refractivity contribution in [3.63, 3.8) is 0 Å². The molecule has 0 spiro atoms. The third-order valence-corrected chi connectivity index (χ3v) is 4.23. The maximum absolute atomic E-state index is 12.1. The number of amides is 2. The number of likely N-dealkylation sites (tertiary alicyclic amines) is 1. The van der Waals surface area contributed by atoms with Gasteiger partial charge in [-0.15, -0.1) is 0 Å². The molecule has 1 aliphatic rings. The SMILES string of the molecule is COc1ccccc1CCNC(=O)CC(=O)N1CCCC(C)C1. The Morgan fingerprint density at radius 3 is 2.87 bits per heavy atom. The minimum atomic E-state index is -0.205. The summed E-state index contributed by atoms with van der Waals surface area (Å²) < 4.78 is 5.28. The zero-order valence-corrected chi connectivity index (χ0v) is 14.0. The van der Waals surface area contributed by atoms with Gasteiger partial charge in [0.25, 0.3) is 0 Å². The van der Waals surface area contributed by atoms with Crippen LogP contribution in [0.25, 0.3) is 0 Å². The number of nitrogens with one attached hydrogen (secondary N) is 1. The molecule has 5 nitrogen and oxygen atoms in total. The van der Waals surface area contributed by atoms with E-state index in [2.05, 4.69) is 12.2 Å². The predicted octanol–water partition coefficient (Wildman–Crippen LogP) is 2.00. The lowest BCUT2D eigenvalue weighted by atomic mass is 10.00. The Kier molecular flexibility index (Phi) is 6.44. The van der Waals surface area contributed by atoms with Crippen molar-refractivity contribution in [3.8, 4) is 5.75 Å². The number of hydrogen-bond donors (Lipinski definition) is 1. The summed E-state index contributed by atoms with van der Waals surface area (Å²) in [4.78, 5) is 25.9. The Bertz CT molecular complexity index is 545. The second kappa shape index (κ2) is 8.56. The molecule has 2 rings (SSSR count). The van der Waals surface area contributed by atoms with Crippen molar-refractivity contribution < 1.29 is 14.3 Å². The third kappa shape index (κ3) is 5.27. The number of rotatable bonds is 6. The average Bonchev–Trinajstić information content (AvgIpc) is 2.55. The molecule has 1 saturated heterocycles. The molecule has 1 heterocycles. The fourth-order valence-corrected chi connectivity index (χ4v) is 2.97. The van der Waals surface area contributed by atoms with Crippen LogP contribution in [-0.2, 0) is 16.0 Å². The highest BCUT2D eigenvalue weighted by molar-refractivity contribution is 5.96. The normalized spacial score (nSPS) is 17.7. The van der Waals surface area contributed by atoms with E-state index in [1.807, 2.05) is 29.2 Å². The highest BCUT2D eigenvalue weighted by Gasteiger charge is 2.22. The molecule has 0 bridgehead atoms. The Morgan fingerprint density at radius 2 is 2.13 bits per heavy atom. The topological polar surface area (TPSA) is 58.6 Å². The van der Waals surface area contributed by atoms with Gasteiger partial charge in [0.15, 0.2) is 0 Å². The minimum Gasteiger partial charge on any atom is -0.496 e. The summed E-state index contributed by atoms with van der Waals surface area (Å²) in [7, 11) is 1.63. The molecule has 1 aromatic carbocycles. The first-order chi connectivity index (χ1) is 11.1. The van der Waals surface area contributed by atoms with E-state index in [0.29, 0.717) is 18.9 Å². The summed E-state index contributed by atoms with van der Waals surface area (Å²) in [6.07, 6.45) is 2.82. The largest absolute Gasteiger partial charge is 0.496 e. The van der Waals surface area contributed by atoms with Crippen LogP contribution < -0.4 is 10.1 Å². The molecule has 0 aromatic heterocycles. The smallest absolute Gasteiger partial charge is 0.232 e. The summed E-state index contributed by atoms with van der Waals surface area (Å²) in [5, 5.41) is 2.82. The van der Waals surface area contributed by atoms with E-state index < -0.39 is 0 Å². The third-order valence-electron chi connectivity index (χ3n) is 4.23. The Labute approximate surface area is 138 Å². The second-order valence-corrected chi connectivity index (χ2v) is 6.18. The highest BCUT2D eigenvalue weighted by atomic mass is 16.5. The lowest BCUT2D eigenvalue weighted by Gasteiger charge is -2.30. The molecule has 126 valence electrons. The number of benzene rings is 1. The molecule has 1 aliphatic heterocycles. The van der Waals surface area contributed by atoms with E-state index in [4.69, 9.17) is 4.74 Å². The average molecular weight is 318 g/mol. The van der Waals surface area contributed by atoms with Gasteiger partial charge < -0.3 is 15.0 Å². The molecule has 0 saturated carbocycles. The second-order valence-electron chi connectivity index (χ2n) is 6.18. The first kappa shape index (κ1) is 17.3. The van der Waals surface area contributed by atoms with E-state index in [1.54, 1.807) is 7.11 Å². The van der Waals surface area contributed by atoms with Crippen LogP contribution in [-0.4, -0.2) is 43.5 Å². The number of piperidine rings is 1. The number of carbonyl (C=O) groups is 2. The van der Waals surface area contributed by atoms with Crippen molar-refractivity contribution >= 4 is 11.8 Å². The Hall–Kier alpha value is -2.04. The van der Waals surface area contributed by atoms with Crippen molar-refractivity contribution in [2.45, 2.75) is 32.6 Å². The molecule has 1 atom stereocenters. The fraction of sp³-hybridized carbons (Fsp3) is 0.556. The van der Waals surface area contributed by atoms with E-state index in [1.165, 1.54) is 0 Å². The minimum absolute atomic E-state index is 0.0569. The number of methoxy groups -OCH3 is 1. The molecule has 1 unspecified atom stereocenters. The number of ether oxygens (including phenoxy) is 1. The maximum Gasteiger partial charge on any atom is 0.232 e. The quantitative estimate of drug-likeness (QED) is 0.816. The lowest BCUT2D eigenvalue weighted by molar-refractivity contribution is -0.137. The van der Waals surface area contributed by atoms with Crippen LogP contribution in [0.15, 0.2) is 24.3 Å². The van der Waals surface area contributed by atoms with Gasteiger partial charge in [-0.1, -0.05) is 25.1 Å². The summed E-state index contributed by atoms with van der Waals surface area (Å²) >= 11 is 0. The van der Waals surface area contributed by atoms with E-state index >= 15 is 0 Å². The zero-order chi connectivity index (χ0) is 16.7. The van der Waals surface area contributed by atoms with Gasteiger partial charge in [-0.2, -0.15) is 0 Å². The predicted molar refractivity (Wildman–Crippen MR) is 89.3 cm³/mol. The molecule has 1 aromatic rings. The van der Waals surface area contributed by atoms with Crippen LogP contribution >= 0.6 is 0 Å². The van der Waals surface area contributed by atoms with E-state index in [9.17, 15) is 9.59 Å². The van der Waals surface area contributed by atoms with Crippen LogP contribution in [0.1, 0.15) is 31.7 Å². The van der Waals surface area contributed by atoms with Gasteiger partial charge in [0.1, 0.15) is 12.2 Å². The number of carbonyl (C=O) groups excluding carboxylic acids is 2. The fourth-order valence-electron chi connectivity index (χ4n) is 2.97. The number of hydrogen-bond acceptors (Lipinski definition) is 3. The van der Waals surface area contributed by atoms with Crippen molar-refractivity contribution in [3.05, 3.63) is 29.8 Å². The molecule has 0 radical (unpaired) electrons. The van der Waals surface area contributed by atoms with Crippen LogP contribution in [0.2, 0.25) is 0 Å². The van der Waals surface area contributed by atoms with Gasteiger partial charge in [-0.25, -0.2) is 0 Å². The first-order valence-corrected chi connectivity index (χ1v) is 8.26. The van der Waals surface area contributed by atoms with Crippen molar-refractivity contribution in [2.24, 2.45) is 5.92 Å². The molecule has 5 heteroatoms. The van der Waals surface area contributed by atoms with Gasteiger partial charge in [-0.05, 0) is 36.8 Å². The monoisotopic (exact) mass is 318 g/mol. The number of nitrogens with zero attached hydrogens (tertiary/aromatic N) is 1. The lowest BCUT2D eigenvalue weighted by Crippen LogP contribution is -2.41. The van der Waals surface area contributed by atoms with Gasteiger partial charge >= 0.3 is 0 Å². The van der Waals surface area contributed by atoms with Crippen LogP contribution in [0.5, 0.6) is 5.75 Å². The highest BCUT2D eigenvalue weighted by Crippen LogP contribution is 2.17. The molecular weight excluding hydrogens is 292 g/mol. The summed E-state index contributed by atoms with van der Waals surface area (Å²) in [6, 6.07) is 7.74. The van der Waals surface area contributed by atoms with Gasteiger partial charge in [0.2, 0.25) is 11.8 Å². The van der Waals surface area contributed by atoms with Crippen molar-refractivity contribution in [1.29, 1.82) is 0 Å². The Morgan fingerprint density at radius 1 is 1.35 bits per heavy atom. The van der Waals surface area contributed by atoms with E-state index in [0.717, 1.165) is 37.2 Å². The van der Waals surface area contributed by atoms with Crippen LogP contribution in [0, 0.1) is 5.92 Å². The molecule has 0 aliphatic carbocycles. The molecule has 1 N–H and O–H groups in total. The molecule has 23 heavy (non-hydrogen) atoms. The van der Waals surface area contributed by atoms with E-state index in [-0.39, 0.29) is 18.2 Å². The van der Waals surface area contributed by atoms with Gasteiger partial charge in [0.05, 0.1) is 7.11 Å². The van der Waals surface area contributed by atoms with Crippen molar-refractivity contribution in [1.82, 2.24) is 10.2 Å². The van der Waals surface area contributed by atoms with Crippen molar-refractivity contribution in [2.75, 3.05) is 26.7 Å². The van der Waals surface area contributed by atoms with Crippen LogP contribution in [0.4, 0.5) is 0 Å². The first-order valence-electron chi connectivity index (χ1n) is 8.26. The number of para-hydroxylation sites is 1. The standard InChI is InChI=1S/C18H26N2O3/c1-14-6-5-11-20(13-14)18(22)12-17(21)19-10-9-15-7-3-4-8-16(15)23-2/h3-4,7-8,14H,5-6,9-13H2,1-2H3,(H,19,21). The zero-order valence-electron chi connectivity index (χ0n) is 14.0. The molecule has 2 amide bonds. The van der Waals surface area contributed by atoms with Gasteiger partial charge in [-0.3, -0.25) is 9.59 Å². The van der Waals surface area contributed by atoms with Crippen LogP contribution in [0.3, 0.4) is 0 Å². The molecule has 1 fully saturated rings. The summed E-state index contributed by atoms with van der Waals surface area (Å²) in [5.74, 6) is 1.08. The summed E-state index contributed by atoms with van der Waals surface area (Å²) in [5.41, 5.74) is 1.05. The van der Waals surface area contributed by atoms with Gasteiger partial charge in [0, 0.05) is 19.6 Å². The maximum atomic E-state index is 12.1. The summed E-state index contributed by atoms with van der Waals surface area (Å²) in [6.45, 7) is 4.20.